The fourth-order valence-corrected chi connectivity index (χ4v) is 10.5. The minimum absolute atomic E-state index is 0.0925. The summed E-state index contributed by atoms with van der Waals surface area (Å²) in [5.74, 6) is 0. The van der Waals surface area contributed by atoms with E-state index in [1.54, 1.807) is 0 Å². The summed E-state index contributed by atoms with van der Waals surface area (Å²) in [6, 6.07) is 88.6. The molecule has 0 aliphatic heterocycles. The van der Waals surface area contributed by atoms with E-state index in [-0.39, 0.29) is 5.41 Å². The van der Waals surface area contributed by atoms with Crippen LogP contribution >= 0.6 is 0 Å². The van der Waals surface area contributed by atoms with E-state index in [0.717, 1.165) is 17.1 Å². The number of anilines is 3. The van der Waals surface area contributed by atoms with Crippen LogP contribution in [0.15, 0.2) is 243 Å². The average Bonchev–Trinajstić information content (AvgIpc) is 3.83. The van der Waals surface area contributed by atoms with Crippen LogP contribution in [0.25, 0.3) is 83.1 Å². The first kappa shape index (κ1) is 38.5. The first-order chi connectivity index (χ1) is 32.0. The van der Waals surface area contributed by atoms with Crippen LogP contribution in [-0.2, 0) is 5.41 Å². The zero-order valence-electron chi connectivity index (χ0n) is 36.5. The quantitative estimate of drug-likeness (QED) is 0.148. The van der Waals surface area contributed by atoms with Crippen LogP contribution in [0.1, 0.15) is 25.0 Å². The van der Waals surface area contributed by atoms with Gasteiger partial charge in [-0.2, -0.15) is 0 Å². The van der Waals surface area contributed by atoms with Crippen molar-refractivity contribution in [2.24, 2.45) is 0 Å². The van der Waals surface area contributed by atoms with Gasteiger partial charge in [0.05, 0.1) is 16.7 Å². The first-order valence-corrected chi connectivity index (χ1v) is 22.6. The summed E-state index contributed by atoms with van der Waals surface area (Å²) < 4.78 is 2.42. The lowest BCUT2D eigenvalue weighted by Gasteiger charge is -2.27. The second-order valence-corrected chi connectivity index (χ2v) is 17.7. The maximum Gasteiger partial charge on any atom is 0.0541 e. The highest BCUT2D eigenvalue weighted by Gasteiger charge is 2.37. The molecular weight excluding hydrogens is 785 g/mol. The predicted octanol–water partition coefficient (Wildman–Crippen LogP) is 17.2. The molecule has 1 aromatic heterocycles. The van der Waals surface area contributed by atoms with E-state index in [9.17, 15) is 0 Å². The van der Waals surface area contributed by atoms with Crippen molar-refractivity contribution in [3.05, 3.63) is 254 Å². The molecule has 11 aromatic rings. The van der Waals surface area contributed by atoms with Gasteiger partial charge in [-0.25, -0.2) is 0 Å². The third-order valence-electron chi connectivity index (χ3n) is 13.6. The van der Waals surface area contributed by atoms with Gasteiger partial charge in [0, 0.05) is 38.8 Å². The molecule has 0 N–H and O–H groups in total. The number of para-hydroxylation sites is 3. The van der Waals surface area contributed by atoms with Crippen molar-refractivity contribution in [2.75, 3.05) is 4.90 Å². The van der Waals surface area contributed by atoms with Crippen molar-refractivity contribution >= 4 is 38.9 Å². The largest absolute Gasteiger partial charge is 0.311 e. The Kier molecular flexibility index (Phi) is 9.21. The van der Waals surface area contributed by atoms with Crippen LogP contribution in [0.4, 0.5) is 17.1 Å². The Balaban J connectivity index is 0.911. The molecule has 1 aliphatic rings. The molecule has 0 amide bonds. The molecule has 12 rings (SSSR count). The van der Waals surface area contributed by atoms with Gasteiger partial charge < -0.3 is 9.47 Å². The van der Waals surface area contributed by atoms with Gasteiger partial charge in [-0.1, -0.05) is 196 Å². The lowest BCUT2D eigenvalue weighted by atomic mass is 9.79. The van der Waals surface area contributed by atoms with Gasteiger partial charge in [-0.3, -0.25) is 0 Å². The van der Waals surface area contributed by atoms with Gasteiger partial charge in [-0.05, 0) is 122 Å². The smallest absolute Gasteiger partial charge is 0.0541 e. The fraction of sp³-hybridized carbons (Fsp3) is 0.0476. The second kappa shape index (κ2) is 15.6. The van der Waals surface area contributed by atoms with Gasteiger partial charge in [-0.15, -0.1) is 0 Å². The van der Waals surface area contributed by atoms with Crippen molar-refractivity contribution in [1.82, 2.24) is 4.57 Å². The molecule has 0 fully saturated rings. The van der Waals surface area contributed by atoms with Gasteiger partial charge in [0.1, 0.15) is 0 Å². The standard InChI is InChI=1S/C63H46N2/c1-63(2)58-26-10-6-21-54(58)57-25-15-24-53(62(57)63)46-34-40-51(41-35-46)64(49-36-30-44(31-37-49)43-16-4-3-5-17-43)50-38-32-45(33-39-50)47-18-14-19-48(42-47)52-20-7-11-27-59(52)65-60-28-12-8-22-55(60)56-23-9-13-29-61(56)65/h3-42H,1-2H3. The fourth-order valence-electron chi connectivity index (χ4n) is 10.5. The number of aromatic nitrogens is 1. The molecule has 0 bridgehead atoms. The maximum atomic E-state index is 2.42. The Morgan fingerprint density at radius 1 is 0.323 bits per heavy atom. The van der Waals surface area contributed by atoms with E-state index in [2.05, 4.69) is 266 Å². The van der Waals surface area contributed by atoms with Crippen molar-refractivity contribution in [2.45, 2.75) is 19.3 Å². The number of rotatable bonds is 8. The first-order valence-electron chi connectivity index (χ1n) is 22.6. The molecule has 0 spiro atoms. The number of nitrogens with zero attached hydrogens (tertiary/aromatic N) is 2. The van der Waals surface area contributed by atoms with Crippen LogP contribution in [0.5, 0.6) is 0 Å². The summed E-state index contributed by atoms with van der Waals surface area (Å²) in [6.07, 6.45) is 0. The Morgan fingerprint density at radius 2 is 0.769 bits per heavy atom. The Labute approximate surface area is 381 Å². The van der Waals surface area contributed by atoms with E-state index < -0.39 is 0 Å². The van der Waals surface area contributed by atoms with Crippen molar-refractivity contribution < 1.29 is 0 Å². The van der Waals surface area contributed by atoms with Crippen LogP contribution in [-0.4, -0.2) is 4.57 Å². The number of hydrogen-bond acceptors (Lipinski definition) is 1. The number of fused-ring (bicyclic) bond motifs is 6. The van der Waals surface area contributed by atoms with E-state index in [1.165, 1.54) is 94.3 Å². The summed E-state index contributed by atoms with van der Waals surface area (Å²) in [5.41, 5.74) is 21.9. The molecule has 308 valence electrons. The summed E-state index contributed by atoms with van der Waals surface area (Å²) in [4.78, 5) is 2.37. The lowest BCUT2D eigenvalue weighted by Crippen LogP contribution is -2.16. The number of hydrogen-bond donors (Lipinski definition) is 0. The lowest BCUT2D eigenvalue weighted by molar-refractivity contribution is 0.662. The molecule has 0 radical (unpaired) electrons. The topological polar surface area (TPSA) is 8.17 Å². The minimum atomic E-state index is -0.0925. The van der Waals surface area contributed by atoms with E-state index in [0.29, 0.717) is 0 Å². The molecular formula is C63H46N2. The third kappa shape index (κ3) is 6.49. The predicted molar refractivity (Wildman–Crippen MR) is 275 cm³/mol. The van der Waals surface area contributed by atoms with Gasteiger partial charge in [0.25, 0.3) is 0 Å². The van der Waals surface area contributed by atoms with Crippen LogP contribution in [0, 0.1) is 0 Å². The van der Waals surface area contributed by atoms with Crippen LogP contribution < -0.4 is 4.90 Å². The maximum absolute atomic E-state index is 2.42. The van der Waals surface area contributed by atoms with E-state index in [4.69, 9.17) is 0 Å². The van der Waals surface area contributed by atoms with E-state index >= 15 is 0 Å². The molecule has 0 saturated heterocycles. The summed E-state index contributed by atoms with van der Waals surface area (Å²) >= 11 is 0. The zero-order chi connectivity index (χ0) is 43.5. The Bertz CT molecular complexity index is 3490. The van der Waals surface area contributed by atoms with Crippen molar-refractivity contribution in [1.29, 1.82) is 0 Å². The Morgan fingerprint density at radius 3 is 1.43 bits per heavy atom. The second-order valence-electron chi connectivity index (χ2n) is 17.7. The molecule has 1 heterocycles. The SMILES string of the molecule is CC1(C)c2ccccc2-c2cccc(-c3ccc(N(c4ccc(-c5ccccc5)cc4)c4ccc(-c5cccc(-c6ccccc6-n6c7ccccc7c7ccccc76)c5)cc4)cc3)c21. The highest BCUT2D eigenvalue weighted by molar-refractivity contribution is 6.09. The molecule has 0 atom stereocenters. The number of benzene rings is 10. The average molecular weight is 831 g/mol. The summed E-state index contributed by atoms with van der Waals surface area (Å²) in [7, 11) is 0. The molecule has 2 heteroatoms. The summed E-state index contributed by atoms with van der Waals surface area (Å²) in [5, 5.41) is 2.53. The summed E-state index contributed by atoms with van der Waals surface area (Å²) in [6.45, 7) is 4.73. The monoisotopic (exact) mass is 830 g/mol. The van der Waals surface area contributed by atoms with Crippen LogP contribution in [0.3, 0.4) is 0 Å². The van der Waals surface area contributed by atoms with Gasteiger partial charge >= 0.3 is 0 Å². The van der Waals surface area contributed by atoms with Crippen LogP contribution in [0.2, 0.25) is 0 Å². The highest BCUT2D eigenvalue weighted by atomic mass is 15.1. The van der Waals surface area contributed by atoms with Crippen molar-refractivity contribution in [3.63, 3.8) is 0 Å². The van der Waals surface area contributed by atoms with Gasteiger partial charge in [0.2, 0.25) is 0 Å². The highest BCUT2D eigenvalue weighted by Crippen LogP contribution is 2.52. The molecule has 2 nitrogen and oxygen atoms in total. The third-order valence-corrected chi connectivity index (χ3v) is 13.6. The zero-order valence-corrected chi connectivity index (χ0v) is 36.5. The normalized spacial score (nSPS) is 12.6. The molecule has 0 unspecified atom stereocenters. The van der Waals surface area contributed by atoms with Gasteiger partial charge in [0.15, 0.2) is 0 Å². The molecule has 1 aliphatic carbocycles. The minimum Gasteiger partial charge on any atom is -0.311 e. The molecule has 10 aromatic carbocycles. The molecule has 65 heavy (non-hydrogen) atoms. The Hall–Kier alpha value is -8.20. The van der Waals surface area contributed by atoms with Crippen molar-refractivity contribution in [3.8, 4) is 61.3 Å². The van der Waals surface area contributed by atoms with E-state index in [1.807, 2.05) is 0 Å². The molecule has 0 saturated carbocycles.